The smallest absolute Gasteiger partial charge is 0.323 e. The fraction of sp³-hybridized carbons (Fsp3) is 0.400. The number of halogens is 1. The number of benzene rings is 1. The molecule has 1 aromatic carbocycles. The molecule has 1 unspecified atom stereocenters. The number of hydrogen-bond acceptors (Lipinski definition) is 9. The van der Waals surface area contributed by atoms with Gasteiger partial charge in [0.15, 0.2) is 11.2 Å². The molecule has 0 aliphatic rings. The highest BCUT2D eigenvalue weighted by Gasteiger charge is 2.29. The third-order valence-corrected chi connectivity index (χ3v) is 6.44. The Morgan fingerprint density at radius 1 is 1.41 bits per heavy atom. The number of imidazole rings is 1. The molecule has 3 rings (SSSR count). The zero-order chi connectivity index (χ0) is 24.7. The average molecular weight is 496 g/mol. The Bertz CT molecular complexity index is 1250. The molecule has 0 saturated heterocycles. The van der Waals surface area contributed by atoms with E-state index in [1.165, 1.54) is 31.5 Å². The van der Waals surface area contributed by atoms with Crippen LogP contribution in [0, 0.1) is 5.82 Å². The summed E-state index contributed by atoms with van der Waals surface area (Å²) in [6, 6.07) is 4.73. The van der Waals surface area contributed by atoms with Gasteiger partial charge in [-0.1, -0.05) is 12.1 Å². The lowest BCUT2D eigenvalue weighted by Gasteiger charge is -2.23. The maximum atomic E-state index is 13.5. The standard InChI is InChI=1S/C20H26FN6O6P/c1-3-32-19(29)13(2)26-34(30,33-10-14-5-4-6-15(21)9-14)12-31-8-7-27-11-23-16-17(27)24-20(22)25-18(16)28/h4-6,9,11,13H,3,7-8,10,12H2,1-2H3,(H,26,30)(H3,22,24,25,28)/t13-,34?/m1/s1. The molecule has 14 heteroatoms. The predicted molar refractivity (Wildman–Crippen MR) is 121 cm³/mol. The zero-order valence-electron chi connectivity index (χ0n) is 18.7. The largest absolute Gasteiger partial charge is 0.465 e. The fourth-order valence-electron chi connectivity index (χ4n) is 3.01. The van der Waals surface area contributed by atoms with Gasteiger partial charge in [-0.25, -0.2) is 14.5 Å². The highest BCUT2D eigenvalue weighted by molar-refractivity contribution is 7.56. The number of nitrogens with zero attached hydrogens (tertiary/aromatic N) is 3. The van der Waals surface area contributed by atoms with Crippen LogP contribution in [0.3, 0.4) is 0 Å². The normalized spacial score (nSPS) is 14.1. The molecule has 0 aliphatic heterocycles. The molecule has 3 aromatic rings. The Morgan fingerprint density at radius 3 is 2.94 bits per heavy atom. The number of hydrogen-bond donors (Lipinski definition) is 3. The number of esters is 1. The second-order valence-corrected chi connectivity index (χ2v) is 9.40. The lowest BCUT2D eigenvalue weighted by Crippen LogP contribution is -2.34. The van der Waals surface area contributed by atoms with E-state index >= 15 is 0 Å². The Balaban J connectivity index is 1.65. The minimum Gasteiger partial charge on any atom is -0.465 e. The number of aromatic amines is 1. The van der Waals surface area contributed by atoms with E-state index in [1.807, 2.05) is 0 Å². The maximum absolute atomic E-state index is 13.5. The first-order valence-corrected chi connectivity index (χ1v) is 12.2. The molecule has 0 spiro atoms. The first-order valence-electron chi connectivity index (χ1n) is 10.4. The number of carbonyl (C=O) groups is 1. The average Bonchev–Trinajstić information content (AvgIpc) is 3.19. The van der Waals surface area contributed by atoms with Crippen molar-refractivity contribution in [2.45, 2.75) is 33.0 Å². The summed E-state index contributed by atoms with van der Waals surface area (Å²) in [5.41, 5.74) is 5.99. The van der Waals surface area contributed by atoms with Crippen LogP contribution in [0.2, 0.25) is 0 Å². The lowest BCUT2D eigenvalue weighted by atomic mass is 10.2. The molecule has 4 N–H and O–H groups in total. The van der Waals surface area contributed by atoms with E-state index in [0.29, 0.717) is 5.56 Å². The monoisotopic (exact) mass is 496 g/mol. The van der Waals surface area contributed by atoms with Crippen LogP contribution < -0.4 is 16.4 Å². The molecule has 0 bridgehead atoms. The lowest BCUT2D eigenvalue weighted by molar-refractivity contribution is -0.144. The van der Waals surface area contributed by atoms with Crippen molar-refractivity contribution in [2.75, 3.05) is 25.3 Å². The molecule has 34 heavy (non-hydrogen) atoms. The highest BCUT2D eigenvalue weighted by Crippen LogP contribution is 2.44. The van der Waals surface area contributed by atoms with Gasteiger partial charge < -0.3 is 24.3 Å². The van der Waals surface area contributed by atoms with Crippen LogP contribution in [-0.4, -0.2) is 51.1 Å². The summed E-state index contributed by atoms with van der Waals surface area (Å²) in [5.74, 6) is -1.11. The van der Waals surface area contributed by atoms with Crippen molar-refractivity contribution in [3.8, 4) is 0 Å². The molecule has 2 atom stereocenters. The van der Waals surface area contributed by atoms with E-state index in [0.717, 1.165) is 0 Å². The third-order valence-electron chi connectivity index (χ3n) is 4.59. The number of aromatic nitrogens is 4. The summed E-state index contributed by atoms with van der Waals surface area (Å²) in [7, 11) is -3.71. The van der Waals surface area contributed by atoms with Crippen LogP contribution in [0.25, 0.3) is 11.2 Å². The van der Waals surface area contributed by atoms with Gasteiger partial charge in [0, 0.05) is 6.54 Å². The van der Waals surface area contributed by atoms with Gasteiger partial charge in [-0.2, -0.15) is 4.98 Å². The van der Waals surface area contributed by atoms with Crippen molar-refractivity contribution in [3.63, 3.8) is 0 Å². The highest BCUT2D eigenvalue weighted by atomic mass is 31.2. The number of nitrogens with two attached hydrogens (primary N) is 1. The SMILES string of the molecule is CCOC(=O)[C@@H](C)NP(=O)(COCCn1cnc2c(=O)[nH]c(N)nc21)OCc1cccc(F)c1. The summed E-state index contributed by atoms with van der Waals surface area (Å²) in [6.07, 6.45) is 1.03. The molecular formula is C20H26FN6O6P. The van der Waals surface area contributed by atoms with E-state index in [9.17, 15) is 18.5 Å². The van der Waals surface area contributed by atoms with E-state index in [-0.39, 0.29) is 49.8 Å². The van der Waals surface area contributed by atoms with Gasteiger partial charge in [-0.05, 0) is 31.5 Å². The van der Waals surface area contributed by atoms with E-state index in [4.69, 9.17) is 19.7 Å². The molecule has 0 amide bonds. The van der Waals surface area contributed by atoms with Crippen molar-refractivity contribution >= 4 is 30.6 Å². The van der Waals surface area contributed by atoms with Gasteiger partial charge in [0.25, 0.3) is 13.1 Å². The number of fused-ring (bicyclic) bond motifs is 1. The van der Waals surface area contributed by atoms with Gasteiger partial charge in [-0.3, -0.25) is 19.1 Å². The number of rotatable bonds is 12. The minimum absolute atomic E-state index is 0.0485. The summed E-state index contributed by atoms with van der Waals surface area (Å²) in [5, 5.41) is 2.65. The molecule has 2 aromatic heterocycles. The van der Waals surface area contributed by atoms with Crippen molar-refractivity contribution < 1.29 is 27.7 Å². The Labute approximate surface area is 194 Å². The first-order chi connectivity index (χ1) is 16.2. The maximum Gasteiger partial charge on any atom is 0.323 e. The summed E-state index contributed by atoms with van der Waals surface area (Å²) < 4.78 is 44.5. The Morgan fingerprint density at radius 2 is 2.21 bits per heavy atom. The number of anilines is 1. The van der Waals surface area contributed by atoms with Gasteiger partial charge in [0.2, 0.25) is 5.95 Å². The number of nitrogens with one attached hydrogen (secondary N) is 2. The molecule has 0 aliphatic carbocycles. The van der Waals surface area contributed by atoms with Gasteiger partial charge in [0.05, 0.1) is 26.1 Å². The number of carbonyl (C=O) groups excluding carboxylic acids is 1. The quantitative estimate of drug-likeness (QED) is 0.191. The van der Waals surface area contributed by atoms with Crippen molar-refractivity contribution in [3.05, 3.63) is 52.3 Å². The van der Waals surface area contributed by atoms with Gasteiger partial charge in [-0.15, -0.1) is 0 Å². The summed E-state index contributed by atoms with van der Waals surface area (Å²) in [6.45, 7) is 3.42. The van der Waals surface area contributed by atoms with E-state index < -0.39 is 30.9 Å². The van der Waals surface area contributed by atoms with Crippen LogP contribution in [0.15, 0.2) is 35.4 Å². The van der Waals surface area contributed by atoms with Crippen LogP contribution >= 0.6 is 7.52 Å². The molecule has 2 heterocycles. The molecular weight excluding hydrogens is 470 g/mol. The van der Waals surface area contributed by atoms with Crippen LogP contribution in [0.1, 0.15) is 19.4 Å². The molecule has 0 saturated carbocycles. The summed E-state index contributed by atoms with van der Waals surface area (Å²) >= 11 is 0. The predicted octanol–water partition coefficient (Wildman–Crippen LogP) is 1.77. The minimum atomic E-state index is -3.71. The summed E-state index contributed by atoms with van der Waals surface area (Å²) in [4.78, 5) is 34.3. The van der Waals surface area contributed by atoms with Crippen LogP contribution in [0.5, 0.6) is 0 Å². The van der Waals surface area contributed by atoms with Crippen LogP contribution in [-0.2, 0) is 36.5 Å². The van der Waals surface area contributed by atoms with Gasteiger partial charge >= 0.3 is 5.97 Å². The molecule has 0 fully saturated rings. The second-order valence-electron chi connectivity index (χ2n) is 7.28. The van der Waals surface area contributed by atoms with E-state index in [1.54, 1.807) is 17.6 Å². The van der Waals surface area contributed by atoms with Gasteiger partial charge in [0.1, 0.15) is 18.2 Å². The molecule has 184 valence electrons. The number of nitrogen functional groups attached to an aromatic ring is 1. The Kier molecular flexibility index (Phi) is 8.51. The second kappa shape index (κ2) is 11.3. The zero-order valence-corrected chi connectivity index (χ0v) is 19.6. The first kappa shape index (κ1) is 25.5. The third kappa shape index (κ3) is 6.70. The topological polar surface area (TPSA) is 163 Å². The van der Waals surface area contributed by atoms with Crippen molar-refractivity contribution in [1.82, 2.24) is 24.6 Å². The van der Waals surface area contributed by atoms with E-state index in [2.05, 4.69) is 20.0 Å². The van der Waals surface area contributed by atoms with Crippen LogP contribution in [0.4, 0.5) is 10.3 Å². The Hall–Kier alpha value is -3.12. The molecule has 12 nitrogen and oxygen atoms in total. The van der Waals surface area contributed by atoms with Crippen molar-refractivity contribution in [2.24, 2.45) is 0 Å². The number of H-pyrrole nitrogens is 1. The van der Waals surface area contributed by atoms with Crippen molar-refractivity contribution in [1.29, 1.82) is 0 Å². The molecule has 0 radical (unpaired) electrons. The number of ether oxygens (including phenoxy) is 2. The fourth-order valence-corrected chi connectivity index (χ4v) is 4.66.